The van der Waals surface area contributed by atoms with Crippen LogP contribution in [0.4, 0.5) is 13.2 Å². The molecule has 0 aliphatic rings. The molecule has 0 aliphatic heterocycles. The molecule has 0 saturated carbocycles. The molecular weight excluding hydrogens is 519 g/mol. The number of carbonyl (C=O) groups excluding carboxylic acids is 1. The van der Waals surface area contributed by atoms with Gasteiger partial charge in [-0.15, -0.1) is 11.3 Å². The van der Waals surface area contributed by atoms with Crippen LogP contribution in [0.15, 0.2) is 64.5 Å². The summed E-state index contributed by atoms with van der Waals surface area (Å²) in [6.07, 6.45) is -2.90. The van der Waals surface area contributed by atoms with E-state index in [0.29, 0.717) is 10.9 Å². The number of benzene rings is 2. The summed E-state index contributed by atoms with van der Waals surface area (Å²) in [5.74, 6) is -0.192. The number of thiazole rings is 1. The Bertz CT molecular complexity index is 1620. The third-order valence-corrected chi connectivity index (χ3v) is 6.54. The van der Waals surface area contributed by atoms with Crippen molar-refractivity contribution in [3.63, 3.8) is 0 Å². The Labute approximate surface area is 218 Å². The van der Waals surface area contributed by atoms with Gasteiger partial charge in [-0.3, -0.25) is 4.79 Å². The van der Waals surface area contributed by atoms with Crippen LogP contribution in [0.1, 0.15) is 27.5 Å². The molecule has 0 fully saturated rings. The number of carbonyl (C=O) groups is 1. The Hall–Kier alpha value is -4.29. The van der Waals surface area contributed by atoms with Gasteiger partial charge >= 0.3 is 6.18 Å². The molecule has 38 heavy (non-hydrogen) atoms. The van der Waals surface area contributed by atoms with Gasteiger partial charge < -0.3 is 20.2 Å². The summed E-state index contributed by atoms with van der Waals surface area (Å²) in [6, 6.07) is 12.8. The second kappa shape index (κ2) is 10.2. The zero-order valence-electron chi connectivity index (χ0n) is 19.9. The van der Waals surface area contributed by atoms with Crippen LogP contribution < -0.4 is 15.8 Å². The SMILES string of the molecule is COc1ccc(-c2nc(C(=O)NCc3cccc(-c4nccs4)c3)c(CN)o2)c2ccc(C(F)(F)F)nc12. The molecule has 2 aromatic carbocycles. The number of rotatable bonds is 7. The number of ether oxygens (including phenoxy) is 1. The number of nitrogens with one attached hydrogen (secondary N) is 1. The van der Waals surface area contributed by atoms with Crippen LogP contribution in [0.3, 0.4) is 0 Å². The van der Waals surface area contributed by atoms with Crippen LogP contribution >= 0.6 is 11.3 Å². The standard InChI is InChI=1S/C26H20F3N5O3S/c1-36-18-7-5-17(16-6-8-20(26(27,28)29)33-21(16)18)24-34-22(19(12-30)37-24)23(35)32-13-14-3-2-4-15(11-14)25-31-9-10-38-25/h2-11H,12-13,30H2,1H3,(H,32,35). The smallest absolute Gasteiger partial charge is 0.433 e. The average Bonchev–Trinajstić information content (AvgIpc) is 3.61. The summed E-state index contributed by atoms with van der Waals surface area (Å²) in [5.41, 5.74) is 6.86. The Morgan fingerprint density at radius 3 is 2.71 bits per heavy atom. The Kier molecular flexibility index (Phi) is 6.83. The highest BCUT2D eigenvalue weighted by atomic mass is 32.1. The minimum atomic E-state index is -4.63. The number of aromatic nitrogens is 3. The number of amides is 1. The van der Waals surface area contributed by atoms with Crippen molar-refractivity contribution < 1.29 is 27.1 Å². The molecule has 1 amide bonds. The number of oxazole rings is 1. The van der Waals surface area contributed by atoms with Crippen molar-refractivity contribution in [3.8, 4) is 27.8 Å². The van der Waals surface area contributed by atoms with E-state index in [1.54, 1.807) is 12.3 Å². The zero-order valence-corrected chi connectivity index (χ0v) is 20.7. The molecule has 194 valence electrons. The maximum atomic E-state index is 13.3. The third kappa shape index (κ3) is 4.95. The number of alkyl halides is 3. The molecule has 3 aromatic heterocycles. The van der Waals surface area contributed by atoms with Gasteiger partial charge in [-0.25, -0.2) is 15.0 Å². The first kappa shape index (κ1) is 25.4. The van der Waals surface area contributed by atoms with Gasteiger partial charge in [0.15, 0.2) is 11.5 Å². The second-order valence-electron chi connectivity index (χ2n) is 8.12. The number of pyridine rings is 1. The molecule has 0 saturated heterocycles. The Morgan fingerprint density at radius 2 is 2.00 bits per heavy atom. The van der Waals surface area contributed by atoms with E-state index >= 15 is 0 Å². The lowest BCUT2D eigenvalue weighted by atomic mass is 10.1. The summed E-state index contributed by atoms with van der Waals surface area (Å²) >= 11 is 1.51. The molecule has 0 bridgehead atoms. The molecule has 0 atom stereocenters. The molecule has 3 heterocycles. The van der Waals surface area contributed by atoms with E-state index in [-0.39, 0.29) is 41.7 Å². The zero-order chi connectivity index (χ0) is 26.9. The lowest BCUT2D eigenvalue weighted by Gasteiger charge is -2.11. The molecule has 5 rings (SSSR count). The number of halogens is 3. The summed E-state index contributed by atoms with van der Waals surface area (Å²) in [4.78, 5) is 25.4. The first-order chi connectivity index (χ1) is 18.3. The molecule has 12 heteroatoms. The predicted molar refractivity (Wildman–Crippen MR) is 135 cm³/mol. The van der Waals surface area contributed by atoms with Crippen LogP contribution in [0.25, 0.3) is 32.9 Å². The van der Waals surface area contributed by atoms with Crippen molar-refractivity contribution in [2.45, 2.75) is 19.3 Å². The van der Waals surface area contributed by atoms with E-state index in [0.717, 1.165) is 22.2 Å². The number of nitrogens with zero attached hydrogens (tertiary/aromatic N) is 3. The fourth-order valence-electron chi connectivity index (χ4n) is 3.93. The van der Waals surface area contributed by atoms with Gasteiger partial charge in [0.25, 0.3) is 5.91 Å². The molecular formula is C26H20F3N5O3S. The maximum absolute atomic E-state index is 13.3. The molecule has 0 spiro atoms. The predicted octanol–water partition coefficient (Wildman–Crippen LogP) is 5.43. The maximum Gasteiger partial charge on any atom is 0.433 e. The normalized spacial score (nSPS) is 11.6. The van der Waals surface area contributed by atoms with Gasteiger partial charge in [0.1, 0.15) is 22.0 Å². The Morgan fingerprint density at radius 1 is 1.16 bits per heavy atom. The van der Waals surface area contributed by atoms with E-state index in [9.17, 15) is 18.0 Å². The number of hydrogen-bond acceptors (Lipinski definition) is 8. The minimum absolute atomic E-state index is 0.0117. The number of hydrogen-bond donors (Lipinski definition) is 2. The molecule has 0 unspecified atom stereocenters. The highest BCUT2D eigenvalue weighted by Crippen LogP contribution is 2.37. The van der Waals surface area contributed by atoms with Crippen molar-refractivity contribution in [2.24, 2.45) is 5.73 Å². The van der Waals surface area contributed by atoms with Gasteiger partial charge in [0.2, 0.25) is 5.89 Å². The monoisotopic (exact) mass is 539 g/mol. The number of methoxy groups -OCH3 is 1. The molecule has 8 nitrogen and oxygen atoms in total. The summed E-state index contributed by atoms with van der Waals surface area (Å²) in [6.45, 7) is 0.111. The molecule has 0 radical (unpaired) electrons. The highest BCUT2D eigenvalue weighted by molar-refractivity contribution is 7.13. The van der Waals surface area contributed by atoms with E-state index in [4.69, 9.17) is 14.9 Å². The van der Waals surface area contributed by atoms with Crippen molar-refractivity contribution in [1.82, 2.24) is 20.3 Å². The number of fused-ring (bicyclic) bond motifs is 1. The third-order valence-electron chi connectivity index (χ3n) is 5.72. The van der Waals surface area contributed by atoms with E-state index < -0.39 is 17.8 Å². The van der Waals surface area contributed by atoms with Crippen LogP contribution in [0.5, 0.6) is 5.75 Å². The van der Waals surface area contributed by atoms with Crippen molar-refractivity contribution in [1.29, 1.82) is 0 Å². The second-order valence-corrected chi connectivity index (χ2v) is 9.02. The molecule has 3 N–H and O–H groups in total. The first-order valence-electron chi connectivity index (χ1n) is 11.3. The van der Waals surface area contributed by atoms with Gasteiger partial charge in [0.05, 0.1) is 13.7 Å². The summed E-state index contributed by atoms with van der Waals surface area (Å²) in [7, 11) is 1.34. The lowest BCUT2D eigenvalue weighted by Crippen LogP contribution is -2.24. The first-order valence-corrected chi connectivity index (χ1v) is 12.2. The van der Waals surface area contributed by atoms with Crippen LogP contribution in [0.2, 0.25) is 0 Å². The largest absolute Gasteiger partial charge is 0.494 e. The van der Waals surface area contributed by atoms with Crippen LogP contribution in [0, 0.1) is 0 Å². The highest BCUT2D eigenvalue weighted by Gasteiger charge is 2.33. The summed E-state index contributed by atoms with van der Waals surface area (Å²) in [5, 5.41) is 5.88. The molecule has 5 aromatic rings. The van der Waals surface area contributed by atoms with Crippen molar-refractivity contribution >= 4 is 28.1 Å². The quantitative estimate of drug-likeness (QED) is 0.283. The fourth-order valence-corrected chi connectivity index (χ4v) is 4.57. The van der Waals surface area contributed by atoms with E-state index in [1.165, 1.54) is 30.6 Å². The van der Waals surface area contributed by atoms with Gasteiger partial charge in [-0.05, 0) is 35.9 Å². The van der Waals surface area contributed by atoms with Crippen molar-refractivity contribution in [2.75, 3.05) is 7.11 Å². The lowest BCUT2D eigenvalue weighted by molar-refractivity contribution is -0.140. The molecule has 0 aliphatic carbocycles. The minimum Gasteiger partial charge on any atom is -0.494 e. The number of nitrogens with two attached hydrogens (primary N) is 1. The van der Waals surface area contributed by atoms with E-state index in [1.807, 2.05) is 29.6 Å². The van der Waals surface area contributed by atoms with E-state index in [2.05, 4.69) is 20.3 Å². The average molecular weight is 540 g/mol. The van der Waals surface area contributed by atoms with Crippen molar-refractivity contribution in [3.05, 3.63) is 82.8 Å². The van der Waals surface area contributed by atoms with Crippen LogP contribution in [-0.4, -0.2) is 28.0 Å². The van der Waals surface area contributed by atoms with Crippen LogP contribution in [-0.2, 0) is 19.3 Å². The summed E-state index contributed by atoms with van der Waals surface area (Å²) < 4.78 is 50.8. The van der Waals surface area contributed by atoms with Gasteiger partial charge in [-0.1, -0.05) is 18.2 Å². The topological polar surface area (TPSA) is 116 Å². The van der Waals surface area contributed by atoms with Gasteiger partial charge in [0, 0.05) is 34.6 Å². The fraction of sp³-hybridized carbons (Fsp3) is 0.154. The van der Waals surface area contributed by atoms with Gasteiger partial charge in [-0.2, -0.15) is 13.2 Å². The Balaban J connectivity index is 1.44.